The molecule has 2 amide bonds. The van der Waals surface area contributed by atoms with E-state index in [9.17, 15) is 9.59 Å². The Morgan fingerprint density at radius 1 is 1.16 bits per heavy atom. The maximum absolute atomic E-state index is 12.5. The van der Waals surface area contributed by atoms with Crippen LogP contribution in [0.3, 0.4) is 0 Å². The van der Waals surface area contributed by atoms with Crippen molar-refractivity contribution in [2.45, 2.75) is 12.1 Å². The molecule has 4 N–H and O–H groups in total. The summed E-state index contributed by atoms with van der Waals surface area (Å²) < 4.78 is 0. The molecule has 1 fully saturated rings. The van der Waals surface area contributed by atoms with Crippen molar-refractivity contribution in [1.29, 1.82) is 0 Å². The molecule has 0 saturated carbocycles. The van der Waals surface area contributed by atoms with E-state index >= 15 is 0 Å². The third-order valence-corrected chi connectivity index (χ3v) is 4.33. The lowest BCUT2D eigenvalue weighted by molar-refractivity contribution is -0.118. The Morgan fingerprint density at radius 3 is 2.60 bits per heavy atom. The fraction of sp³-hybridized carbons (Fsp3) is 0.188. The first kappa shape index (κ1) is 17.6. The Kier molecular flexibility index (Phi) is 5.50. The maximum atomic E-state index is 12.5. The van der Waals surface area contributed by atoms with E-state index in [2.05, 4.69) is 26.5 Å². The number of pyridine rings is 1. The maximum Gasteiger partial charge on any atom is 0.254 e. The van der Waals surface area contributed by atoms with Crippen LogP contribution in [0.15, 0.2) is 42.7 Å². The Hall–Kier alpha value is -2.19. The molecule has 2 aromatic rings. The quantitative estimate of drug-likeness (QED) is 0.647. The Labute approximate surface area is 154 Å². The van der Waals surface area contributed by atoms with Crippen LogP contribution in [0.5, 0.6) is 0 Å². The number of aromatic nitrogens is 1. The molecule has 1 aromatic carbocycles. The number of carbonyl (C=O) groups is 2. The number of amides is 2. The van der Waals surface area contributed by atoms with Crippen molar-refractivity contribution in [2.75, 3.05) is 11.9 Å². The highest BCUT2D eigenvalue weighted by molar-refractivity contribution is 6.39. The van der Waals surface area contributed by atoms with Crippen molar-refractivity contribution in [3.05, 3.63) is 58.3 Å². The molecule has 25 heavy (non-hydrogen) atoms. The molecule has 1 saturated heterocycles. The predicted molar refractivity (Wildman–Crippen MR) is 95.5 cm³/mol. The van der Waals surface area contributed by atoms with Gasteiger partial charge in [0.15, 0.2) is 0 Å². The molecular weight excluding hydrogens is 365 g/mol. The van der Waals surface area contributed by atoms with E-state index in [-0.39, 0.29) is 21.5 Å². The lowest BCUT2D eigenvalue weighted by Crippen LogP contribution is -2.51. The molecule has 9 heteroatoms. The predicted octanol–water partition coefficient (Wildman–Crippen LogP) is 1.60. The van der Waals surface area contributed by atoms with Crippen molar-refractivity contribution >= 4 is 40.7 Å². The smallest absolute Gasteiger partial charge is 0.254 e. The third kappa shape index (κ3) is 4.08. The fourth-order valence-corrected chi connectivity index (χ4v) is 3.06. The van der Waals surface area contributed by atoms with Crippen molar-refractivity contribution in [3.8, 4) is 0 Å². The summed E-state index contributed by atoms with van der Waals surface area (Å²) in [6.45, 7) is 0.374. The summed E-state index contributed by atoms with van der Waals surface area (Å²) in [5, 5.41) is 6.03. The number of nitrogens with zero attached hydrogens (tertiary/aromatic N) is 1. The van der Waals surface area contributed by atoms with Gasteiger partial charge in [0.25, 0.3) is 5.91 Å². The fourth-order valence-electron chi connectivity index (χ4n) is 2.49. The minimum atomic E-state index is -0.662. The number of carbonyl (C=O) groups excluding carboxylic acids is 2. The summed E-state index contributed by atoms with van der Waals surface area (Å²) in [7, 11) is 0. The zero-order valence-corrected chi connectivity index (χ0v) is 14.4. The van der Waals surface area contributed by atoms with Gasteiger partial charge < -0.3 is 10.6 Å². The summed E-state index contributed by atoms with van der Waals surface area (Å²) in [5.41, 5.74) is 6.47. The Balaban J connectivity index is 1.69. The second-order valence-corrected chi connectivity index (χ2v) is 6.22. The SMILES string of the molecule is O=C(NC1CNNC1C(=O)Nc1cccnc1)c1c(Cl)cccc1Cl. The number of hydrazine groups is 1. The summed E-state index contributed by atoms with van der Waals surface area (Å²) in [6.07, 6.45) is 3.15. The van der Waals surface area contributed by atoms with Gasteiger partial charge in [-0.3, -0.25) is 20.0 Å². The van der Waals surface area contributed by atoms with Gasteiger partial charge in [0.2, 0.25) is 5.91 Å². The van der Waals surface area contributed by atoms with Crippen LogP contribution in [0.1, 0.15) is 10.4 Å². The van der Waals surface area contributed by atoms with Crippen LogP contribution in [-0.4, -0.2) is 35.4 Å². The van der Waals surface area contributed by atoms with Crippen LogP contribution < -0.4 is 21.5 Å². The van der Waals surface area contributed by atoms with Gasteiger partial charge in [-0.05, 0) is 24.3 Å². The molecule has 0 radical (unpaired) electrons. The molecule has 0 bridgehead atoms. The largest absolute Gasteiger partial charge is 0.346 e. The average molecular weight is 380 g/mol. The lowest BCUT2D eigenvalue weighted by Gasteiger charge is -2.20. The molecule has 1 aliphatic rings. The van der Waals surface area contributed by atoms with Crippen LogP contribution >= 0.6 is 23.2 Å². The third-order valence-electron chi connectivity index (χ3n) is 3.70. The summed E-state index contributed by atoms with van der Waals surface area (Å²) in [5.74, 6) is -0.737. The number of hydrogen-bond donors (Lipinski definition) is 4. The van der Waals surface area contributed by atoms with Gasteiger partial charge in [0.1, 0.15) is 6.04 Å². The van der Waals surface area contributed by atoms with Crippen LogP contribution in [0.4, 0.5) is 5.69 Å². The van der Waals surface area contributed by atoms with Crippen molar-refractivity contribution in [3.63, 3.8) is 0 Å². The number of halogens is 2. The standard InChI is InChI=1S/C16H15Cl2N5O2/c17-10-4-1-5-11(18)13(10)15(24)22-12-8-20-23-14(12)16(25)21-9-3-2-6-19-7-9/h1-7,12,14,20,23H,8H2,(H,21,25)(H,22,24). The summed E-state index contributed by atoms with van der Waals surface area (Å²) >= 11 is 12.1. The number of anilines is 1. The first-order valence-corrected chi connectivity index (χ1v) is 8.26. The van der Waals surface area contributed by atoms with E-state index < -0.39 is 18.0 Å². The molecule has 7 nitrogen and oxygen atoms in total. The highest BCUT2D eigenvalue weighted by atomic mass is 35.5. The van der Waals surface area contributed by atoms with Gasteiger partial charge in [-0.25, -0.2) is 5.43 Å². The minimum Gasteiger partial charge on any atom is -0.346 e. The normalized spacial score (nSPS) is 19.4. The average Bonchev–Trinajstić information content (AvgIpc) is 3.04. The van der Waals surface area contributed by atoms with Crippen molar-refractivity contribution in [2.24, 2.45) is 0 Å². The molecule has 130 valence electrons. The van der Waals surface area contributed by atoms with Crippen molar-refractivity contribution in [1.82, 2.24) is 21.2 Å². The van der Waals surface area contributed by atoms with Crippen molar-refractivity contribution < 1.29 is 9.59 Å². The van der Waals surface area contributed by atoms with Gasteiger partial charge in [0.05, 0.1) is 33.5 Å². The number of nitrogens with one attached hydrogen (secondary N) is 4. The number of rotatable bonds is 4. The van der Waals surface area contributed by atoms with E-state index in [0.29, 0.717) is 12.2 Å². The first-order valence-electron chi connectivity index (χ1n) is 7.50. The van der Waals surface area contributed by atoms with E-state index in [1.807, 2.05) is 0 Å². The molecule has 1 aliphatic heterocycles. The highest BCUT2D eigenvalue weighted by Crippen LogP contribution is 2.24. The van der Waals surface area contributed by atoms with E-state index in [0.717, 1.165) is 0 Å². The molecule has 2 unspecified atom stereocenters. The van der Waals surface area contributed by atoms with Crippen LogP contribution in [0.2, 0.25) is 10.0 Å². The Morgan fingerprint density at radius 2 is 1.92 bits per heavy atom. The number of hydrogen-bond acceptors (Lipinski definition) is 5. The van der Waals surface area contributed by atoms with E-state index in [1.165, 1.54) is 6.20 Å². The van der Waals surface area contributed by atoms with Gasteiger partial charge in [0, 0.05) is 12.7 Å². The lowest BCUT2D eigenvalue weighted by atomic mass is 10.1. The van der Waals surface area contributed by atoms with Crippen LogP contribution in [0.25, 0.3) is 0 Å². The van der Waals surface area contributed by atoms with Gasteiger partial charge in [-0.15, -0.1) is 0 Å². The van der Waals surface area contributed by atoms with E-state index in [1.54, 1.807) is 36.5 Å². The second kappa shape index (κ2) is 7.79. The minimum absolute atomic E-state index is 0.184. The van der Waals surface area contributed by atoms with Crippen LogP contribution in [-0.2, 0) is 4.79 Å². The van der Waals surface area contributed by atoms with Crippen LogP contribution in [0, 0.1) is 0 Å². The van der Waals surface area contributed by atoms with E-state index in [4.69, 9.17) is 23.2 Å². The molecule has 3 rings (SSSR count). The zero-order chi connectivity index (χ0) is 17.8. The van der Waals surface area contributed by atoms with Gasteiger partial charge in [-0.1, -0.05) is 29.3 Å². The molecular formula is C16H15Cl2N5O2. The molecule has 0 aliphatic carbocycles. The Bertz CT molecular complexity index is 767. The molecule has 1 aromatic heterocycles. The number of benzene rings is 1. The first-order chi connectivity index (χ1) is 12.1. The molecule has 2 heterocycles. The van der Waals surface area contributed by atoms with Gasteiger partial charge in [-0.2, -0.15) is 0 Å². The zero-order valence-electron chi connectivity index (χ0n) is 12.9. The second-order valence-electron chi connectivity index (χ2n) is 5.41. The molecule has 2 atom stereocenters. The highest BCUT2D eigenvalue weighted by Gasteiger charge is 2.34. The molecule has 0 spiro atoms. The van der Waals surface area contributed by atoms with Gasteiger partial charge >= 0.3 is 0 Å². The topological polar surface area (TPSA) is 95.2 Å². The summed E-state index contributed by atoms with van der Waals surface area (Å²) in [4.78, 5) is 28.9. The summed E-state index contributed by atoms with van der Waals surface area (Å²) in [6, 6.07) is 7.13. The monoisotopic (exact) mass is 379 g/mol.